The third kappa shape index (κ3) is 4.33. The summed E-state index contributed by atoms with van der Waals surface area (Å²) in [5.74, 6) is 2.16. The Morgan fingerprint density at radius 1 is 1.61 bits per heavy atom. The molecule has 0 atom stereocenters. The number of nitrogens with two attached hydrogens (primary N) is 1. The van der Waals surface area contributed by atoms with Crippen molar-refractivity contribution in [1.29, 1.82) is 0 Å². The first-order chi connectivity index (χ1) is 8.69. The number of nitrogen functional groups attached to an aromatic ring is 1. The number of benzene rings is 1. The number of amides is 1. The van der Waals surface area contributed by atoms with Gasteiger partial charge in [-0.3, -0.25) is 4.79 Å². The smallest absolute Gasteiger partial charge is 0.251 e. The first-order valence-electron chi connectivity index (χ1n) is 5.59. The van der Waals surface area contributed by atoms with Gasteiger partial charge in [0.2, 0.25) is 0 Å². The fourth-order valence-corrected chi connectivity index (χ4v) is 1.94. The van der Waals surface area contributed by atoms with E-state index in [1.165, 1.54) is 7.11 Å². The number of hydrogen-bond donors (Lipinski definition) is 2. The Labute approximate surface area is 112 Å². The average Bonchev–Trinajstić information content (AvgIpc) is 2.38. The molecule has 98 valence electrons. The van der Waals surface area contributed by atoms with Gasteiger partial charge >= 0.3 is 0 Å². The van der Waals surface area contributed by atoms with Crippen LogP contribution in [0.4, 0.5) is 5.69 Å². The van der Waals surface area contributed by atoms with Crippen LogP contribution in [0.2, 0.25) is 0 Å². The summed E-state index contributed by atoms with van der Waals surface area (Å²) >= 11 is 1.72. The van der Waals surface area contributed by atoms with Crippen molar-refractivity contribution in [2.24, 2.45) is 0 Å². The molecule has 1 aromatic carbocycles. The van der Waals surface area contributed by atoms with Gasteiger partial charge in [0.1, 0.15) is 5.75 Å². The molecule has 0 aliphatic heterocycles. The molecule has 1 rings (SSSR count). The van der Waals surface area contributed by atoms with E-state index < -0.39 is 0 Å². The fourth-order valence-electron chi connectivity index (χ4n) is 1.36. The highest BCUT2D eigenvalue weighted by Gasteiger charge is 2.07. The molecular formula is C13H18N2O2S. The molecule has 18 heavy (non-hydrogen) atoms. The van der Waals surface area contributed by atoms with E-state index in [4.69, 9.17) is 10.5 Å². The molecule has 0 saturated heterocycles. The second-order valence-electron chi connectivity index (χ2n) is 3.58. The Kier molecular flexibility index (Phi) is 6.14. The molecule has 3 N–H and O–H groups in total. The summed E-state index contributed by atoms with van der Waals surface area (Å²) in [5.41, 5.74) is 6.76. The molecule has 0 fully saturated rings. The molecule has 0 aliphatic rings. The summed E-state index contributed by atoms with van der Waals surface area (Å²) in [5, 5.41) is 2.84. The second-order valence-corrected chi connectivity index (χ2v) is 4.73. The summed E-state index contributed by atoms with van der Waals surface area (Å²) in [7, 11) is 1.53. The van der Waals surface area contributed by atoms with Gasteiger partial charge in [0.05, 0.1) is 12.8 Å². The second kappa shape index (κ2) is 7.66. The van der Waals surface area contributed by atoms with Gasteiger partial charge in [-0.1, -0.05) is 6.08 Å². The van der Waals surface area contributed by atoms with Crippen LogP contribution in [0.5, 0.6) is 5.75 Å². The van der Waals surface area contributed by atoms with Gasteiger partial charge in [-0.05, 0) is 18.2 Å². The van der Waals surface area contributed by atoms with Crippen molar-refractivity contribution in [3.8, 4) is 5.75 Å². The summed E-state index contributed by atoms with van der Waals surface area (Å²) < 4.78 is 5.07. The third-order valence-corrected chi connectivity index (χ3v) is 3.23. The predicted octanol–water partition coefficient (Wildman–Crippen LogP) is 1.93. The lowest BCUT2D eigenvalue weighted by molar-refractivity contribution is 0.0956. The van der Waals surface area contributed by atoms with Crippen molar-refractivity contribution >= 4 is 23.4 Å². The molecule has 1 amide bonds. The predicted molar refractivity (Wildman–Crippen MR) is 77.3 cm³/mol. The molecule has 0 aromatic heterocycles. The molecule has 0 radical (unpaired) electrons. The first kappa shape index (κ1) is 14.4. The minimum Gasteiger partial charge on any atom is -0.495 e. The number of carbonyl (C=O) groups excluding carboxylic acids is 1. The first-order valence-corrected chi connectivity index (χ1v) is 6.75. The lowest BCUT2D eigenvalue weighted by Crippen LogP contribution is -2.25. The van der Waals surface area contributed by atoms with E-state index >= 15 is 0 Å². The Bertz CT molecular complexity index is 421. The molecule has 0 aliphatic carbocycles. The molecule has 1 aromatic rings. The summed E-state index contributed by atoms with van der Waals surface area (Å²) in [6, 6.07) is 4.99. The highest BCUT2D eigenvalue weighted by Crippen LogP contribution is 2.21. The fraction of sp³-hybridized carbons (Fsp3) is 0.308. The van der Waals surface area contributed by atoms with Gasteiger partial charge < -0.3 is 15.8 Å². The molecular weight excluding hydrogens is 248 g/mol. The average molecular weight is 266 g/mol. The van der Waals surface area contributed by atoms with Gasteiger partial charge in [-0.25, -0.2) is 0 Å². The quantitative estimate of drug-likeness (QED) is 0.449. The van der Waals surface area contributed by atoms with Crippen LogP contribution in [0.15, 0.2) is 30.9 Å². The number of carbonyl (C=O) groups is 1. The SMILES string of the molecule is C=CCSCCNC(=O)c1ccc(N)c(OC)c1. The van der Waals surface area contributed by atoms with Crippen molar-refractivity contribution in [3.63, 3.8) is 0 Å². The largest absolute Gasteiger partial charge is 0.495 e. The van der Waals surface area contributed by atoms with Gasteiger partial charge in [0, 0.05) is 23.6 Å². The summed E-state index contributed by atoms with van der Waals surface area (Å²) in [6.07, 6.45) is 1.84. The van der Waals surface area contributed by atoms with Crippen molar-refractivity contribution in [2.45, 2.75) is 0 Å². The number of hydrogen-bond acceptors (Lipinski definition) is 4. The van der Waals surface area contributed by atoms with Gasteiger partial charge in [0.15, 0.2) is 0 Å². The van der Waals surface area contributed by atoms with Crippen LogP contribution in [-0.2, 0) is 0 Å². The number of methoxy groups -OCH3 is 1. The standard InChI is InChI=1S/C13H18N2O2S/c1-3-7-18-8-6-15-13(16)10-4-5-11(14)12(9-10)17-2/h3-5,9H,1,6-8,14H2,2H3,(H,15,16). The zero-order chi connectivity index (χ0) is 13.4. The van der Waals surface area contributed by atoms with Gasteiger partial charge in [-0.2, -0.15) is 11.8 Å². The molecule has 0 heterocycles. The zero-order valence-electron chi connectivity index (χ0n) is 10.4. The van der Waals surface area contributed by atoms with E-state index in [1.807, 2.05) is 6.08 Å². The Balaban J connectivity index is 2.48. The Hall–Kier alpha value is -1.62. The molecule has 0 unspecified atom stereocenters. The minimum absolute atomic E-state index is 0.118. The van der Waals surface area contributed by atoms with Gasteiger partial charge in [-0.15, -0.1) is 6.58 Å². The molecule has 4 nitrogen and oxygen atoms in total. The lowest BCUT2D eigenvalue weighted by atomic mass is 10.2. The van der Waals surface area contributed by atoms with E-state index in [9.17, 15) is 4.79 Å². The van der Waals surface area contributed by atoms with Crippen LogP contribution in [0.1, 0.15) is 10.4 Å². The molecule has 0 saturated carbocycles. The number of thioether (sulfide) groups is 1. The van der Waals surface area contributed by atoms with Crippen molar-refractivity contribution in [3.05, 3.63) is 36.4 Å². The van der Waals surface area contributed by atoms with E-state index in [1.54, 1.807) is 30.0 Å². The normalized spacial score (nSPS) is 9.83. The van der Waals surface area contributed by atoms with Crippen molar-refractivity contribution in [1.82, 2.24) is 5.32 Å². The highest BCUT2D eigenvalue weighted by molar-refractivity contribution is 7.99. The van der Waals surface area contributed by atoms with Crippen LogP contribution < -0.4 is 15.8 Å². The Morgan fingerprint density at radius 3 is 3.06 bits per heavy atom. The van der Waals surface area contributed by atoms with Crippen LogP contribution in [0.25, 0.3) is 0 Å². The maximum absolute atomic E-state index is 11.8. The zero-order valence-corrected chi connectivity index (χ0v) is 11.3. The number of rotatable bonds is 7. The van der Waals surface area contributed by atoms with E-state index in [-0.39, 0.29) is 5.91 Å². The van der Waals surface area contributed by atoms with E-state index in [0.29, 0.717) is 23.5 Å². The number of ether oxygens (including phenoxy) is 1. The summed E-state index contributed by atoms with van der Waals surface area (Å²) in [6.45, 7) is 4.26. The maximum Gasteiger partial charge on any atom is 0.251 e. The topological polar surface area (TPSA) is 64.4 Å². The Morgan fingerprint density at radius 2 is 2.39 bits per heavy atom. The van der Waals surface area contributed by atoms with E-state index in [0.717, 1.165) is 11.5 Å². The van der Waals surface area contributed by atoms with Crippen molar-refractivity contribution < 1.29 is 9.53 Å². The van der Waals surface area contributed by atoms with Crippen molar-refractivity contribution in [2.75, 3.05) is 30.9 Å². The van der Waals surface area contributed by atoms with Crippen LogP contribution in [0.3, 0.4) is 0 Å². The van der Waals surface area contributed by atoms with Crippen LogP contribution in [-0.4, -0.2) is 31.1 Å². The maximum atomic E-state index is 11.8. The molecule has 0 spiro atoms. The highest BCUT2D eigenvalue weighted by atomic mass is 32.2. The summed E-state index contributed by atoms with van der Waals surface area (Å²) in [4.78, 5) is 11.8. The lowest BCUT2D eigenvalue weighted by Gasteiger charge is -2.08. The minimum atomic E-state index is -0.118. The van der Waals surface area contributed by atoms with Gasteiger partial charge in [0.25, 0.3) is 5.91 Å². The van der Waals surface area contributed by atoms with E-state index in [2.05, 4.69) is 11.9 Å². The van der Waals surface area contributed by atoms with Crippen LogP contribution >= 0.6 is 11.8 Å². The monoisotopic (exact) mass is 266 g/mol. The third-order valence-electron chi connectivity index (χ3n) is 2.26. The number of nitrogens with one attached hydrogen (secondary N) is 1. The van der Waals surface area contributed by atoms with Crippen LogP contribution in [0, 0.1) is 0 Å². The molecule has 5 heteroatoms. The number of anilines is 1. The molecule has 0 bridgehead atoms.